The van der Waals surface area contributed by atoms with Gasteiger partial charge >= 0.3 is 12.0 Å². The van der Waals surface area contributed by atoms with Crippen LogP contribution in [0.2, 0.25) is 0 Å². The molecular weight excluding hydrogens is 278 g/mol. The van der Waals surface area contributed by atoms with Crippen LogP contribution in [0.25, 0.3) is 0 Å². The third-order valence-corrected chi connectivity index (χ3v) is 4.25. The highest BCUT2D eigenvalue weighted by molar-refractivity contribution is 6.04. The van der Waals surface area contributed by atoms with Crippen LogP contribution in [0.5, 0.6) is 0 Å². The summed E-state index contributed by atoms with van der Waals surface area (Å²) < 4.78 is 0. The molecule has 21 heavy (non-hydrogen) atoms. The van der Waals surface area contributed by atoms with Crippen molar-refractivity contribution >= 4 is 23.8 Å². The standard InChI is InChI=1S/C13H19N3O5/c1-2-8-10(18)15-9(17)6-16(8)12(21)14-7-13(11(19)20)4-3-5-13/h8H,2-7H2,1H3,(H,14,21)(H,19,20)(H,15,17,18). The number of urea groups is 1. The summed E-state index contributed by atoms with van der Waals surface area (Å²) in [5, 5.41) is 13.9. The van der Waals surface area contributed by atoms with E-state index in [2.05, 4.69) is 10.6 Å². The smallest absolute Gasteiger partial charge is 0.318 e. The van der Waals surface area contributed by atoms with E-state index >= 15 is 0 Å². The van der Waals surface area contributed by atoms with Gasteiger partial charge in [0.15, 0.2) is 0 Å². The fourth-order valence-corrected chi connectivity index (χ4v) is 2.70. The molecule has 116 valence electrons. The fourth-order valence-electron chi connectivity index (χ4n) is 2.70. The zero-order chi connectivity index (χ0) is 15.6. The molecule has 0 radical (unpaired) electrons. The van der Waals surface area contributed by atoms with E-state index in [1.807, 2.05) is 0 Å². The molecule has 2 rings (SSSR count). The molecule has 8 heteroatoms. The number of carboxylic acids is 1. The average molecular weight is 297 g/mol. The molecule has 2 aliphatic rings. The Balaban J connectivity index is 2.00. The largest absolute Gasteiger partial charge is 0.481 e. The summed E-state index contributed by atoms with van der Waals surface area (Å²) in [4.78, 5) is 47.6. The quantitative estimate of drug-likeness (QED) is 0.615. The lowest BCUT2D eigenvalue weighted by Gasteiger charge is -2.39. The monoisotopic (exact) mass is 297 g/mol. The number of hydrogen-bond acceptors (Lipinski definition) is 4. The highest BCUT2D eigenvalue weighted by Gasteiger charge is 2.45. The van der Waals surface area contributed by atoms with Crippen LogP contribution >= 0.6 is 0 Å². The van der Waals surface area contributed by atoms with Crippen LogP contribution in [0.3, 0.4) is 0 Å². The van der Waals surface area contributed by atoms with Crippen LogP contribution in [0.4, 0.5) is 4.79 Å². The molecular formula is C13H19N3O5. The molecule has 4 amide bonds. The first-order valence-electron chi connectivity index (χ1n) is 7.01. The normalized spacial score (nSPS) is 24.0. The van der Waals surface area contributed by atoms with Gasteiger partial charge in [-0.1, -0.05) is 13.3 Å². The minimum absolute atomic E-state index is 0.0178. The van der Waals surface area contributed by atoms with Crippen molar-refractivity contribution in [1.29, 1.82) is 0 Å². The Hall–Kier alpha value is -2.12. The van der Waals surface area contributed by atoms with Gasteiger partial charge in [0, 0.05) is 6.54 Å². The first-order valence-corrected chi connectivity index (χ1v) is 7.01. The summed E-state index contributed by atoms with van der Waals surface area (Å²) in [5.74, 6) is -1.95. The van der Waals surface area contributed by atoms with Crippen LogP contribution in [0.15, 0.2) is 0 Å². The number of carbonyl (C=O) groups excluding carboxylic acids is 3. The molecule has 0 spiro atoms. The van der Waals surface area contributed by atoms with Crippen molar-refractivity contribution in [2.75, 3.05) is 13.1 Å². The fraction of sp³-hybridized carbons (Fsp3) is 0.692. The van der Waals surface area contributed by atoms with E-state index in [-0.39, 0.29) is 13.1 Å². The summed E-state index contributed by atoms with van der Waals surface area (Å²) in [5.41, 5.74) is -0.903. The Kier molecular flexibility index (Phi) is 4.15. The van der Waals surface area contributed by atoms with Crippen LogP contribution < -0.4 is 10.6 Å². The van der Waals surface area contributed by atoms with Gasteiger partial charge in [-0.05, 0) is 19.3 Å². The summed E-state index contributed by atoms with van der Waals surface area (Å²) >= 11 is 0. The highest BCUT2D eigenvalue weighted by atomic mass is 16.4. The van der Waals surface area contributed by atoms with Crippen molar-refractivity contribution < 1.29 is 24.3 Å². The molecule has 3 N–H and O–H groups in total. The topological polar surface area (TPSA) is 116 Å². The highest BCUT2D eigenvalue weighted by Crippen LogP contribution is 2.40. The zero-order valence-electron chi connectivity index (χ0n) is 11.8. The Morgan fingerprint density at radius 2 is 2.10 bits per heavy atom. The van der Waals surface area contributed by atoms with Crippen molar-refractivity contribution in [1.82, 2.24) is 15.5 Å². The SMILES string of the molecule is CCC1C(=O)NC(=O)CN1C(=O)NCC1(C(=O)O)CCC1. The molecule has 1 atom stereocenters. The number of nitrogens with zero attached hydrogens (tertiary/aromatic N) is 1. The molecule has 1 heterocycles. The number of carbonyl (C=O) groups is 4. The maximum Gasteiger partial charge on any atom is 0.318 e. The van der Waals surface area contributed by atoms with E-state index in [1.54, 1.807) is 6.92 Å². The van der Waals surface area contributed by atoms with Gasteiger partial charge in [0.25, 0.3) is 0 Å². The van der Waals surface area contributed by atoms with Crippen LogP contribution in [-0.4, -0.2) is 53.0 Å². The zero-order valence-corrected chi connectivity index (χ0v) is 11.8. The third kappa shape index (κ3) is 2.84. The molecule has 1 aliphatic heterocycles. The maximum absolute atomic E-state index is 12.2. The van der Waals surface area contributed by atoms with Gasteiger partial charge in [-0.25, -0.2) is 4.79 Å². The molecule has 0 aromatic carbocycles. The number of aliphatic carboxylic acids is 1. The van der Waals surface area contributed by atoms with Gasteiger partial charge in [-0.3, -0.25) is 19.7 Å². The van der Waals surface area contributed by atoms with Crippen molar-refractivity contribution in [2.24, 2.45) is 5.41 Å². The van der Waals surface area contributed by atoms with E-state index in [4.69, 9.17) is 0 Å². The van der Waals surface area contributed by atoms with Gasteiger partial charge in [0.1, 0.15) is 12.6 Å². The Bertz CT molecular complexity index is 486. The van der Waals surface area contributed by atoms with E-state index in [1.165, 1.54) is 0 Å². The minimum atomic E-state index is -0.923. The summed E-state index contributed by atoms with van der Waals surface area (Å²) in [6.07, 6.45) is 2.26. The Morgan fingerprint density at radius 1 is 1.43 bits per heavy atom. The predicted octanol–water partition coefficient (Wildman–Crippen LogP) is -0.312. The van der Waals surface area contributed by atoms with E-state index < -0.39 is 35.3 Å². The van der Waals surface area contributed by atoms with E-state index in [0.717, 1.165) is 11.3 Å². The van der Waals surface area contributed by atoms with Gasteiger partial charge in [-0.2, -0.15) is 0 Å². The Morgan fingerprint density at radius 3 is 2.57 bits per heavy atom. The lowest BCUT2D eigenvalue weighted by molar-refractivity contribution is -0.154. The molecule has 8 nitrogen and oxygen atoms in total. The summed E-state index contributed by atoms with van der Waals surface area (Å²) in [6.45, 7) is 1.56. The molecule has 0 bridgehead atoms. The van der Waals surface area contributed by atoms with Crippen LogP contribution in [0.1, 0.15) is 32.6 Å². The van der Waals surface area contributed by atoms with Crippen molar-refractivity contribution in [3.8, 4) is 0 Å². The molecule has 1 saturated heterocycles. The van der Waals surface area contributed by atoms with Crippen molar-refractivity contribution in [3.05, 3.63) is 0 Å². The lowest BCUT2D eigenvalue weighted by atomic mass is 9.69. The molecule has 0 aromatic heterocycles. The maximum atomic E-state index is 12.2. The Labute approximate surface area is 121 Å². The number of carboxylic acid groups (broad SMARTS) is 1. The lowest BCUT2D eigenvalue weighted by Crippen LogP contribution is -2.62. The summed E-state index contributed by atoms with van der Waals surface area (Å²) in [6, 6.07) is -1.28. The number of piperazine rings is 1. The number of imide groups is 1. The predicted molar refractivity (Wildman–Crippen MR) is 71.3 cm³/mol. The van der Waals surface area contributed by atoms with Crippen molar-refractivity contribution in [3.63, 3.8) is 0 Å². The third-order valence-electron chi connectivity index (χ3n) is 4.25. The van der Waals surface area contributed by atoms with Crippen molar-refractivity contribution in [2.45, 2.75) is 38.6 Å². The van der Waals surface area contributed by atoms with Gasteiger partial charge in [0.05, 0.1) is 5.41 Å². The molecule has 1 aliphatic carbocycles. The van der Waals surface area contributed by atoms with Crippen LogP contribution in [-0.2, 0) is 14.4 Å². The number of amides is 4. The molecule has 1 saturated carbocycles. The second kappa shape index (κ2) is 5.71. The molecule has 2 fully saturated rings. The van der Waals surface area contributed by atoms with E-state index in [9.17, 15) is 24.3 Å². The molecule has 0 aromatic rings. The number of nitrogens with one attached hydrogen (secondary N) is 2. The number of rotatable bonds is 4. The minimum Gasteiger partial charge on any atom is -0.481 e. The average Bonchev–Trinajstić information content (AvgIpc) is 2.35. The van der Waals surface area contributed by atoms with E-state index in [0.29, 0.717) is 19.3 Å². The molecule has 1 unspecified atom stereocenters. The summed E-state index contributed by atoms with van der Waals surface area (Å²) in [7, 11) is 0. The first-order chi connectivity index (χ1) is 9.89. The van der Waals surface area contributed by atoms with Gasteiger partial charge < -0.3 is 15.3 Å². The second-order valence-electron chi connectivity index (χ2n) is 5.56. The van der Waals surface area contributed by atoms with Gasteiger partial charge in [0.2, 0.25) is 11.8 Å². The first kappa shape index (κ1) is 15.3. The second-order valence-corrected chi connectivity index (χ2v) is 5.56. The van der Waals surface area contributed by atoms with Crippen LogP contribution in [0, 0.1) is 5.41 Å². The van der Waals surface area contributed by atoms with Gasteiger partial charge in [-0.15, -0.1) is 0 Å². The number of hydrogen-bond donors (Lipinski definition) is 3.